The number of benzene rings is 1. The Morgan fingerprint density at radius 3 is 2.44 bits per heavy atom. The molecule has 0 bridgehead atoms. The lowest BCUT2D eigenvalue weighted by Crippen LogP contribution is -2.24. The van der Waals surface area contributed by atoms with Gasteiger partial charge in [0.15, 0.2) is 0 Å². The number of hydrazine groups is 1. The van der Waals surface area contributed by atoms with Crippen LogP contribution in [0.25, 0.3) is 0 Å². The van der Waals surface area contributed by atoms with E-state index in [0.29, 0.717) is 11.4 Å². The number of nitrogens with zero attached hydrogens (tertiary/aromatic N) is 1. The van der Waals surface area contributed by atoms with Gasteiger partial charge in [-0.05, 0) is 25.2 Å². The highest BCUT2D eigenvalue weighted by Crippen LogP contribution is 2.23. The lowest BCUT2D eigenvalue weighted by atomic mass is 10.3. The van der Waals surface area contributed by atoms with Crippen LogP contribution in [0, 0.1) is 0 Å². The van der Waals surface area contributed by atoms with Crippen LogP contribution >= 0.6 is 0 Å². The third-order valence-corrected chi connectivity index (χ3v) is 3.36. The van der Waals surface area contributed by atoms with Crippen molar-refractivity contribution in [2.24, 2.45) is 0 Å². The van der Waals surface area contributed by atoms with Crippen LogP contribution in [0.2, 0.25) is 0 Å². The van der Waals surface area contributed by atoms with Crippen molar-refractivity contribution in [3.63, 3.8) is 0 Å². The third kappa shape index (κ3) is 2.84. The van der Waals surface area contributed by atoms with Gasteiger partial charge in [0.05, 0.1) is 5.69 Å². The molecule has 0 unspecified atom stereocenters. The van der Waals surface area contributed by atoms with Gasteiger partial charge in [-0.25, -0.2) is 18.1 Å². The summed E-state index contributed by atoms with van der Waals surface area (Å²) in [6.07, 6.45) is 0. The van der Waals surface area contributed by atoms with Crippen molar-refractivity contribution in [2.75, 3.05) is 32.3 Å². The molecule has 16 heavy (non-hydrogen) atoms. The largest absolute Gasteiger partial charge is 0.399 e. The minimum atomic E-state index is -3.52. The van der Waals surface area contributed by atoms with Gasteiger partial charge in [-0.3, -0.25) is 0 Å². The molecule has 7 heteroatoms. The highest BCUT2D eigenvalue weighted by Gasteiger charge is 2.17. The van der Waals surface area contributed by atoms with Crippen molar-refractivity contribution >= 4 is 21.4 Å². The number of nitrogens with two attached hydrogens (primary N) is 1. The topological polar surface area (TPSA) is 87.5 Å². The number of anilines is 2. The lowest BCUT2D eigenvalue weighted by Gasteiger charge is -2.17. The van der Waals surface area contributed by atoms with Crippen molar-refractivity contribution in [2.45, 2.75) is 4.90 Å². The van der Waals surface area contributed by atoms with E-state index in [0.717, 1.165) is 0 Å². The molecule has 1 rings (SSSR count). The molecule has 0 amide bonds. The average Bonchev–Trinajstić information content (AvgIpc) is 2.20. The Labute approximate surface area is 95.5 Å². The van der Waals surface area contributed by atoms with E-state index in [9.17, 15) is 8.42 Å². The van der Waals surface area contributed by atoms with Crippen molar-refractivity contribution in [1.29, 1.82) is 0 Å². The Morgan fingerprint density at radius 1 is 1.31 bits per heavy atom. The van der Waals surface area contributed by atoms with Crippen molar-refractivity contribution in [1.82, 2.24) is 9.73 Å². The molecule has 0 spiro atoms. The predicted octanol–water partition coefficient (Wildman–Crippen LogP) is 0.0654. The van der Waals surface area contributed by atoms with E-state index in [4.69, 9.17) is 5.73 Å². The van der Waals surface area contributed by atoms with E-state index in [1.54, 1.807) is 31.2 Å². The number of sulfonamides is 1. The van der Waals surface area contributed by atoms with Crippen LogP contribution in [0.15, 0.2) is 23.1 Å². The molecule has 1 aromatic carbocycles. The highest BCUT2D eigenvalue weighted by atomic mass is 32.2. The molecule has 0 saturated heterocycles. The summed E-state index contributed by atoms with van der Waals surface area (Å²) in [5.41, 5.74) is 9.36. The SMILES string of the molecule is CNS(=O)(=O)c1cc(N)ccc1NN(C)C. The average molecular weight is 244 g/mol. The maximum Gasteiger partial charge on any atom is 0.242 e. The van der Waals surface area contributed by atoms with Crippen LogP contribution < -0.4 is 15.9 Å². The Balaban J connectivity index is 3.29. The number of nitrogens with one attached hydrogen (secondary N) is 2. The van der Waals surface area contributed by atoms with Crippen molar-refractivity contribution in [3.8, 4) is 0 Å². The first-order valence-corrected chi connectivity index (χ1v) is 6.12. The lowest BCUT2D eigenvalue weighted by molar-refractivity contribution is 0.493. The zero-order chi connectivity index (χ0) is 12.3. The fourth-order valence-corrected chi connectivity index (χ4v) is 2.12. The van der Waals surface area contributed by atoms with Crippen LogP contribution in [0.4, 0.5) is 11.4 Å². The summed E-state index contributed by atoms with van der Waals surface area (Å²) < 4.78 is 25.7. The molecule has 0 heterocycles. The molecular weight excluding hydrogens is 228 g/mol. The third-order valence-electron chi connectivity index (χ3n) is 1.91. The molecule has 0 radical (unpaired) electrons. The first-order valence-electron chi connectivity index (χ1n) is 4.64. The van der Waals surface area contributed by atoms with Gasteiger partial charge in [0.2, 0.25) is 10.0 Å². The van der Waals surface area contributed by atoms with Gasteiger partial charge in [0.25, 0.3) is 0 Å². The Hall–Kier alpha value is -1.31. The van der Waals surface area contributed by atoms with Crippen molar-refractivity contribution < 1.29 is 8.42 Å². The molecule has 6 nitrogen and oxygen atoms in total. The number of nitrogen functional groups attached to an aromatic ring is 1. The fraction of sp³-hybridized carbons (Fsp3) is 0.333. The van der Waals surface area contributed by atoms with E-state index in [1.807, 2.05) is 0 Å². The van der Waals surface area contributed by atoms with E-state index in [1.165, 1.54) is 13.1 Å². The quantitative estimate of drug-likeness (QED) is 0.515. The van der Waals surface area contributed by atoms with Crippen LogP contribution in [0.1, 0.15) is 0 Å². The van der Waals surface area contributed by atoms with Gasteiger partial charge in [-0.15, -0.1) is 0 Å². The second kappa shape index (κ2) is 4.69. The summed E-state index contributed by atoms with van der Waals surface area (Å²) in [5, 5.41) is 1.65. The van der Waals surface area contributed by atoms with Crippen LogP contribution in [0.5, 0.6) is 0 Å². The number of rotatable bonds is 4. The summed E-state index contributed by atoms with van der Waals surface area (Å²) in [6.45, 7) is 0. The van der Waals surface area contributed by atoms with E-state index >= 15 is 0 Å². The van der Waals surface area contributed by atoms with E-state index < -0.39 is 10.0 Å². The van der Waals surface area contributed by atoms with Crippen molar-refractivity contribution in [3.05, 3.63) is 18.2 Å². The zero-order valence-corrected chi connectivity index (χ0v) is 10.3. The summed E-state index contributed by atoms with van der Waals surface area (Å²) in [6, 6.07) is 4.68. The second-order valence-corrected chi connectivity index (χ2v) is 5.32. The minimum Gasteiger partial charge on any atom is -0.399 e. The Kier molecular flexibility index (Phi) is 3.74. The van der Waals surface area contributed by atoms with Crippen LogP contribution in [-0.4, -0.2) is 34.6 Å². The maximum absolute atomic E-state index is 11.7. The molecule has 0 aliphatic carbocycles. The second-order valence-electron chi connectivity index (χ2n) is 3.47. The Bertz CT molecular complexity index is 470. The van der Waals surface area contributed by atoms with Gasteiger partial charge < -0.3 is 11.2 Å². The van der Waals surface area contributed by atoms with Gasteiger partial charge in [-0.1, -0.05) is 0 Å². The maximum atomic E-state index is 11.7. The molecule has 1 aromatic rings. The van der Waals surface area contributed by atoms with Gasteiger partial charge >= 0.3 is 0 Å². The molecule has 0 atom stereocenters. The van der Waals surface area contributed by atoms with E-state index in [-0.39, 0.29) is 4.90 Å². The van der Waals surface area contributed by atoms with Crippen LogP contribution in [-0.2, 0) is 10.0 Å². The summed E-state index contributed by atoms with van der Waals surface area (Å²) in [5.74, 6) is 0. The smallest absolute Gasteiger partial charge is 0.242 e. The number of hydrogen-bond donors (Lipinski definition) is 3. The van der Waals surface area contributed by atoms with Gasteiger partial charge in [0.1, 0.15) is 4.90 Å². The molecular formula is C9H16N4O2S. The molecule has 90 valence electrons. The molecule has 0 aliphatic heterocycles. The monoisotopic (exact) mass is 244 g/mol. The zero-order valence-electron chi connectivity index (χ0n) is 9.48. The predicted molar refractivity (Wildman–Crippen MR) is 64.4 cm³/mol. The molecule has 0 aliphatic rings. The number of hydrogen-bond acceptors (Lipinski definition) is 5. The molecule has 0 saturated carbocycles. The first kappa shape index (κ1) is 12.8. The Morgan fingerprint density at radius 2 is 1.94 bits per heavy atom. The summed E-state index contributed by atoms with van der Waals surface area (Å²) >= 11 is 0. The highest BCUT2D eigenvalue weighted by molar-refractivity contribution is 7.89. The molecule has 0 fully saturated rings. The normalized spacial score (nSPS) is 11.8. The van der Waals surface area contributed by atoms with Crippen LogP contribution in [0.3, 0.4) is 0 Å². The minimum absolute atomic E-state index is 0.128. The molecule has 4 N–H and O–H groups in total. The summed E-state index contributed by atoms with van der Waals surface area (Å²) in [7, 11) is 1.38. The van der Waals surface area contributed by atoms with E-state index in [2.05, 4.69) is 10.1 Å². The molecule has 0 aromatic heterocycles. The van der Waals surface area contributed by atoms with Gasteiger partial charge in [0, 0.05) is 19.8 Å². The first-order chi connectivity index (χ1) is 7.36. The fourth-order valence-electron chi connectivity index (χ4n) is 1.20. The summed E-state index contributed by atoms with van der Waals surface area (Å²) in [4.78, 5) is 0.128. The standard InChI is InChI=1S/C9H16N4O2S/c1-11-16(14,15)9-6-7(10)4-5-8(9)12-13(2)3/h4-6,11-12H,10H2,1-3H3. The van der Waals surface area contributed by atoms with Gasteiger partial charge in [-0.2, -0.15) is 0 Å².